The second-order valence-electron chi connectivity index (χ2n) is 4.82. The maximum Gasteiger partial charge on any atom is 0.229 e. The first-order chi connectivity index (χ1) is 8.33. The maximum atomic E-state index is 11.3. The molecule has 102 valence electrons. The third kappa shape index (κ3) is 4.56. The molecular formula is C13H22N2O2S. The van der Waals surface area contributed by atoms with Crippen LogP contribution in [-0.4, -0.2) is 20.7 Å². The Labute approximate surface area is 110 Å². The van der Waals surface area contributed by atoms with E-state index < -0.39 is 10.0 Å². The molecule has 0 radical (unpaired) electrons. The summed E-state index contributed by atoms with van der Waals surface area (Å²) < 4.78 is 25.1. The van der Waals surface area contributed by atoms with Crippen LogP contribution in [0.5, 0.6) is 0 Å². The van der Waals surface area contributed by atoms with Crippen molar-refractivity contribution < 1.29 is 8.42 Å². The largest absolute Gasteiger partial charge is 0.380 e. The Hall–Kier alpha value is -1.23. The lowest BCUT2D eigenvalue weighted by Crippen LogP contribution is -2.25. The fourth-order valence-electron chi connectivity index (χ4n) is 1.84. The van der Waals surface area contributed by atoms with Gasteiger partial charge < -0.3 is 5.32 Å². The Balaban J connectivity index is 2.95. The predicted molar refractivity (Wildman–Crippen MR) is 77.4 cm³/mol. The summed E-state index contributed by atoms with van der Waals surface area (Å²) in [5.41, 5.74) is 1.42. The second-order valence-corrected chi connectivity index (χ2v) is 6.57. The number of hydrogen-bond acceptors (Lipinski definition) is 3. The molecule has 0 aliphatic rings. The highest BCUT2D eigenvalue weighted by atomic mass is 32.2. The molecule has 1 aromatic rings. The summed E-state index contributed by atoms with van der Waals surface area (Å²) in [5.74, 6) is 0.487. The van der Waals surface area contributed by atoms with E-state index in [9.17, 15) is 8.42 Å². The highest BCUT2D eigenvalue weighted by Crippen LogP contribution is 2.24. The zero-order valence-corrected chi connectivity index (χ0v) is 12.2. The molecular weight excluding hydrogens is 248 g/mol. The smallest absolute Gasteiger partial charge is 0.229 e. The molecule has 5 heteroatoms. The Morgan fingerprint density at radius 2 is 1.72 bits per heavy atom. The number of nitrogens with one attached hydrogen (secondary N) is 2. The van der Waals surface area contributed by atoms with Crippen molar-refractivity contribution in [1.29, 1.82) is 0 Å². The summed E-state index contributed by atoms with van der Waals surface area (Å²) in [5, 5.41) is 3.39. The molecule has 18 heavy (non-hydrogen) atoms. The van der Waals surface area contributed by atoms with E-state index in [1.165, 1.54) is 0 Å². The number of para-hydroxylation sites is 2. The van der Waals surface area contributed by atoms with Gasteiger partial charge in [-0.25, -0.2) is 8.42 Å². The third-order valence-corrected chi connectivity index (χ3v) is 3.40. The molecule has 2 N–H and O–H groups in total. The molecule has 0 heterocycles. The fourth-order valence-corrected chi connectivity index (χ4v) is 2.42. The molecule has 4 nitrogen and oxygen atoms in total. The predicted octanol–water partition coefficient (Wildman–Crippen LogP) is 2.90. The van der Waals surface area contributed by atoms with Crippen molar-refractivity contribution in [2.75, 3.05) is 16.3 Å². The van der Waals surface area contributed by atoms with Gasteiger partial charge in [0, 0.05) is 6.04 Å². The van der Waals surface area contributed by atoms with Crippen LogP contribution in [-0.2, 0) is 10.0 Å². The van der Waals surface area contributed by atoms with Crippen molar-refractivity contribution in [2.24, 2.45) is 5.92 Å². The van der Waals surface area contributed by atoms with Crippen molar-refractivity contribution in [3.05, 3.63) is 24.3 Å². The SMILES string of the molecule is CCC(Nc1ccccc1NS(C)(=O)=O)C(C)C. The van der Waals surface area contributed by atoms with Gasteiger partial charge in [0.1, 0.15) is 0 Å². The van der Waals surface area contributed by atoms with Gasteiger partial charge in [0.05, 0.1) is 17.6 Å². The van der Waals surface area contributed by atoms with Gasteiger partial charge in [-0.3, -0.25) is 4.72 Å². The monoisotopic (exact) mass is 270 g/mol. The molecule has 0 bridgehead atoms. The van der Waals surface area contributed by atoms with Crippen molar-refractivity contribution in [3.63, 3.8) is 0 Å². The number of hydrogen-bond donors (Lipinski definition) is 2. The lowest BCUT2D eigenvalue weighted by atomic mass is 10.0. The highest BCUT2D eigenvalue weighted by molar-refractivity contribution is 7.92. The van der Waals surface area contributed by atoms with Crippen LogP contribution in [0.1, 0.15) is 27.2 Å². The van der Waals surface area contributed by atoms with Crippen LogP contribution in [0.15, 0.2) is 24.3 Å². The molecule has 0 aliphatic carbocycles. The van der Waals surface area contributed by atoms with Crippen LogP contribution < -0.4 is 10.0 Å². The molecule has 0 fully saturated rings. The molecule has 1 atom stereocenters. The van der Waals surface area contributed by atoms with E-state index in [2.05, 4.69) is 30.8 Å². The molecule has 0 amide bonds. The fraction of sp³-hybridized carbons (Fsp3) is 0.538. The van der Waals surface area contributed by atoms with E-state index in [0.717, 1.165) is 18.4 Å². The summed E-state index contributed by atoms with van der Waals surface area (Å²) >= 11 is 0. The summed E-state index contributed by atoms with van der Waals surface area (Å²) in [6.45, 7) is 6.41. The number of anilines is 2. The minimum absolute atomic E-state index is 0.326. The van der Waals surface area contributed by atoms with Gasteiger partial charge in [0.25, 0.3) is 0 Å². The first kappa shape index (κ1) is 14.8. The van der Waals surface area contributed by atoms with E-state index in [0.29, 0.717) is 17.6 Å². The molecule has 0 aromatic heterocycles. The number of benzene rings is 1. The maximum absolute atomic E-state index is 11.3. The van der Waals surface area contributed by atoms with Crippen LogP contribution in [0.2, 0.25) is 0 Å². The van der Waals surface area contributed by atoms with Crippen LogP contribution >= 0.6 is 0 Å². The zero-order valence-electron chi connectivity index (χ0n) is 11.4. The van der Waals surface area contributed by atoms with E-state index in [1.807, 2.05) is 18.2 Å². The van der Waals surface area contributed by atoms with Crippen molar-refractivity contribution in [3.8, 4) is 0 Å². The van der Waals surface area contributed by atoms with Gasteiger partial charge in [-0.05, 0) is 24.5 Å². The van der Waals surface area contributed by atoms with Crippen molar-refractivity contribution >= 4 is 21.4 Å². The third-order valence-electron chi connectivity index (χ3n) is 2.81. The van der Waals surface area contributed by atoms with Gasteiger partial charge in [0.2, 0.25) is 10.0 Å². The Bertz CT molecular complexity index is 484. The van der Waals surface area contributed by atoms with E-state index in [1.54, 1.807) is 6.07 Å². The lowest BCUT2D eigenvalue weighted by Gasteiger charge is -2.23. The van der Waals surface area contributed by atoms with E-state index in [-0.39, 0.29) is 0 Å². The standard InChI is InChI=1S/C13H22N2O2S/c1-5-11(10(2)3)14-12-8-6-7-9-13(12)15-18(4,16)17/h6-11,14-15H,5H2,1-4H3. The topological polar surface area (TPSA) is 58.2 Å². The molecule has 0 aliphatic heterocycles. The highest BCUT2D eigenvalue weighted by Gasteiger charge is 2.13. The van der Waals surface area contributed by atoms with Gasteiger partial charge in [0.15, 0.2) is 0 Å². The van der Waals surface area contributed by atoms with Crippen LogP contribution in [0, 0.1) is 5.92 Å². The summed E-state index contributed by atoms with van der Waals surface area (Å²) in [4.78, 5) is 0. The second kappa shape index (κ2) is 6.09. The van der Waals surface area contributed by atoms with Crippen molar-refractivity contribution in [2.45, 2.75) is 33.2 Å². The lowest BCUT2D eigenvalue weighted by molar-refractivity contribution is 0.511. The van der Waals surface area contributed by atoms with Gasteiger partial charge in [-0.2, -0.15) is 0 Å². The summed E-state index contributed by atoms with van der Waals surface area (Å²) in [7, 11) is -3.25. The van der Waals surface area contributed by atoms with Crippen LogP contribution in [0.25, 0.3) is 0 Å². The normalized spacial score (nSPS) is 13.4. The number of rotatable bonds is 6. The summed E-state index contributed by atoms with van der Waals surface area (Å²) in [6, 6.07) is 7.68. The first-order valence-corrected chi connectivity index (χ1v) is 8.06. The van der Waals surface area contributed by atoms with E-state index >= 15 is 0 Å². The minimum Gasteiger partial charge on any atom is -0.380 e. The van der Waals surface area contributed by atoms with Gasteiger partial charge in [-0.15, -0.1) is 0 Å². The average molecular weight is 270 g/mol. The molecule has 1 rings (SSSR count). The van der Waals surface area contributed by atoms with Crippen LogP contribution in [0.4, 0.5) is 11.4 Å². The Morgan fingerprint density at radius 1 is 1.17 bits per heavy atom. The molecule has 1 unspecified atom stereocenters. The Morgan fingerprint density at radius 3 is 2.17 bits per heavy atom. The average Bonchev–Trinajstić information content (AvgIpc) is 2.25. The minimum atomic E-state index is -3.25. The van der Waals surface area contributed by atoms with Crippen molar-refractivity contribution in [1.82, 2.24) is 0 Å². The molecule has 1 aromatic carbocycles. The molecule has 0 spiro atoms. The zero-order chi connectivity index (χ0) is 13.8. The number of sulfonamides is 1. The molecule has 0 saturated heterocycles. The Kier molecular flexibility index (Phi) is 5.02. The first-order valence-electron chi connectivity index (χ1n) is 6.17. The van der Waals surface area contributed by atoms with Gasteiger partial charge >= 0.3 is 0 Å². The quantitative estimate of drug-likeness (QED) is 0.835. The molecule has 0 saturated carbocycles. The summed E-state index contributed by atoms with van der Waals surface area (Å²) in [6.07, 6.45) is 2.15. The van der Waals surface area contributed by atoms with Gasteiger partial charge in [-0.1, -0.05) is 32.9 Å². The van der Waals surface area contributed by atoms with Crippen LogP contribution in [0.3, 0.4) is 0 Å². The van der Waals surface area contributed by atoms with E-state index in [4.69, 9.17) is 0 Å².